The largest absolute Gasteiger partial charge is 0.493 e. The first kappa shape index (κ1) is 14.5. The summed E-state index contributed by atoms with van der Waals surface area (Å²) < 4.78 is 7.78. The van der Waals surface area contributed by atoms with Gasteiger partial charge >= 0.3 is 0 Å². The van der Waals surface area contributed by atoms with Crippen molar-refractivity contribution >= 4 is 23.2 Å². The van der Waals surface area contributed by atoms with Gasteiger partial charge in [0, 0.05) is 17.5 Å². The van der Waals surface area contributed by atoms with Crippen molar-refractivity contribution < 1.29 is 4.74 Å². The van der Waals surface area contributed by atoms with Crippen LogP contribution in [0.15, 0.2) is 48.8 Å². The van der Waals surface area contributed by atoms with Gasteiger partial charge in [-0.15, -0.1) is 10.2 Å². The van der Waals surface area contributed by atoms with E-state index < -0.39 is 0 Å². The van der Waals surface area contributed by atoms with Crippen LogP contribution in [0.5, 0.6) is 5.75 Å². The molecule has 0 amide bonds. The normalized spacial score (nSPS) is 16.7. The molecule has 1 atom stereocenters. The molecule has 0 bridgehead atoms. The molecule has 0 N–H and O–H groups in total. The number of benzene rings is 2. The van der Waals surface area contributed by atoms with Gasteiger partial charge in [-0.25, -0.2) is 0 Å². The third-order valence-electron chi connectivity index (χ3n) is 4.03. The maximum absolute atomic E-state index is 6.36. The van der Waals surface area contributed by atoms with Crippen LogP contribution in [0.2, 0.25) is 10.0 Å². The Labute approximate surface area is 143 Å². The van der Waals surface area contributed by atoms with E-state index in [1.165, 1.54) is 0 Å². The zero-order valence-electron chi connectivity index (χ0n) is 12.1. The Hall–Kier alpha value is -2.04. The second kappa shape index (κ2) is 5.87. The molecule has 6 heteroatoms. The molecule has 0 saturated heterocycles. The summed E-state index contributed by atoms with van der Waals surface area (Å²) >= 11 is 12.5. The molecule has 4 nitrogen and oxygen atoms in total. The topological polar surface area (TPSA) is 39.9 Å². The SMILES string of the molecule is Clc1cccc(-c2nncn2C2CCOc3ccccc32)c1Cl. The average molecular weight is 346 g/mol. The lowest BCUT2D eigenvalue weighted by molar-refractivity contribution is 0.257. The smallest absolute Gasteiger partial charge is 0.165 e. The Morgan fingerprint density at radius 1 is 1.09 bits per heavy atom. The molecule has 4 rings (SSSR count). The fourth-order valence-corrected chi connectivity index (χ4v) is 3.34. The number of halogens is 2. The van der Waals surface area contributed by atoms with Crippen molar-refractivity contribution in [2.24, 2.45) is 0 Å². The molecule has 1 aliphatic rings. The fourth-order valence-electron chi connectivity index (χ4n) is 2.95. The lowest BCUT2D eigenvalue weighted by Gasteiger charge is -2.27. The molecule has 23 heavy (non-hydrogen) atoms. The van der Waals surface area contributed by atoms with Crippen LogP contribution in [0.3, 0.4) is 0 Å². The number of hydrogen-bond donors (Lipinski definition) is 0. The first-order valence-corrected chi connectivity index (χ1v) is 8.07. The molecule has 0 fully saturated rings. The molecule has 1 aliphatic heterocycles. The highest BCUT2D eigenvalue weighted by molar-refractivity contribution is 6.43. The van der Waals surface area contributed by atoms with E-state index in [9.17, 15) is 0 Å². The Kier molecular flexibility index (Phi) is 3.71. The van der Waals surface area contributed by atoms with Crippen molar-refractivity contribution in [2.75, 3.05) is 6.61 Å². The second-order valence-electron chi connectivity index (χ2n) is 5.35. The summed E-state index contributed by atoms with van der Waals surface area (Å²) in [5.41, 5.74) is 1.90. The standard InChI is InChI=1S/C17H13Cl2N3O/c18-13-6-3-5-12(16(13)19)17-21-20-10-22(17)14-8-9-23-15-7-2-1-4-11(14)15/h1-7,10,14H,8-9H2. The van der Waals surface area contributed by atoms with Gasteiger partial charge in [0.2, 0.25) is 0 Å². The summed E-state index contributed by atoms with van der Waals surface area (Å²) in [5.74, 6) is 1.61. The van der Waals surface area contributed by atoms with Gasteiger partial charge in [-0.2, -0.15) is 0 Å². The van der Waals surface area contributed by atoms with Crippen molar-refractivity contribution in [2.45, 2.75) is 12.5 Å². The molecular weight excluding hydrogens is 333 g/mol. The van der Waals surface area contributed by atoms with Crippen molar-refractivity contribution in [3.63, 3.8) is 0 Å². The average Bonchev–Trinajstić information content (AvgIpc) is 3.06. The highest BCUT2D eigenvalue weighted by atomic mass is 35.5. The van der Waals surface area contributed by atoms with Crippen molar-refractivity contribution in [3.05, 3.63) is 64.4 Å². The highest BCUT2D eigenvalue weighted by Gasteiger charge is 2.26. The number of para-hydroxylation sites is 1. The van der Waals surface area contributed by atoms with Crippen molar-refractivity contribution in [3.8, 4) is 17.1 Å². The first-order chi connectivity index (χ1) is 11.3. The van der Waals surface area contributed by atoms with Crippen LogP contribution in [-0.4, -0.2) is 21.4 Å². The molecule has 0 saturated carbocycles. The van der Waals surface area contributed by atoms with Crippen LogP contribution in [0.25, 0.3) is 11.4 Å². The van der Waals surface area contributed by atoms with Gasteiger partial charge in [0.25, 0.3) is 0 Å². The predicted molar refractivity (Wildman–Crippen MR) is 90.2 cm³/mol. The molecule has 0 radical (unpaired) electrons. The van der Waals surface area contributed by atoms with E-state index in [1.54, 1.807) is 12.4 Å². The van der Waals surface area contributed by atoms with E-state index in [1.807, 2.05) is 34.9 Å². The number of hydrogen-bond acceptors (Lipinski definition) is 3. The molecule has 0 spiro atoms. The number of ether oxygens (including phenoxy) is 1. The Morgan fingerprint density at radius 2 is 1.96 bits per heavy atom. The van der Waals surface area contributed by atoms with E-state index in [0.717, 1.165) is 23.3 Å². The van der Waals surface area contributed by atoms with Crippen molar-refractivity contribution in [1.29, 1.82) is 0 Å². The summed E-state index contributed by atoms with van der Waals surface area (Å²) in [7, 11) is 0. The molecule has 1 unspecified atom stereocenters. The predicted octanol–water partition coefficient (Wildman–Crippen LogP) is 4.62. The van der Waals surface area contributed by atoms with E-state index in [0.29, 0.717) is 22.5 Å². The maximum atomic E-state index is 6.36. The van der Waals surface area contributed by atoms with Gasteiger partial charge in [0.15, 0.2) is 5.82 Å². The van der Waals surface area contributed by atoms with Crippen LogP contribution in [0.4, 0.5) is 0 Å². The number of aromatic nitrogens is 3. The van der Waals surface area contributed by atoms with Crippen LogP contribution in [0.1, 0.15) is 18.0 Å². The summed E-state index contributed by atoms with van der Waals surface area (Å²) in [5, 5.41) is 9.35. The van der Waals surface area contributed by atoms with Crippen LogP contribution in [0, 0.1) is 0 Å². The summed E-state index contributed by atoms with van der Waals surface area (Å²) in [6, 6.07) is 13.7. The van der Waals surface area contributed by atoms with Crippen LogP contribution in [-0.2, 0) is 0 Å². The van der Waals surface area contributed by atoms with Gasteiger partial charge in [0.05, 0.1) is 22.7 Å². The second-order valence-corrected chi connectivity index (χ2v) is 6.14. The summed E-state index contributed by atoms with van der Waals surface area (Å²) in [6.45, 7) is 0.655. The molecule has 3 aromatic rings. The Bertz CT molecular complexity index is 863. The summed E-state index contributed by atoms with van der Waals surface area (Å²) in [6.07, 6.45) is 2.58. The zero-order valence-corrected chi connectivity index (χ0v) is 13.6. The fraction of sp³-hybridized carbons (Fsp3) is 0.176. The minimum Gasteiger partial charge on any atom is -0.493 e. The molecule has 0 aliphatic carbocycles. The van der Waals surface area contributed by atoms with Gasteiger partial charge in [-0.3, -0.25) is 0 Å². The molecular formula is C17H13Cl2N3O. The number of fused-ring (bicyclic) bond motifs is 1. The minimum absolute atomic E-state index is 0.111. The molecule has 1 aromatic heterocycles. The maximum Gasteiger partial charge on any atom is 0.165 e. The third-order valence-corrected chi connectivity index (χ3v) is 4.85. The van der Waals surface area contributed by atoms with Crippen molar-refractivity contribution in [1.82, 2.24) is 14.8 Å². The highest BCUT2D eigenvalue weighted by Crippen LogP contribution is 2.38. The molecule has 2 heterocycles. The zero-order chi connectivity index (χ0) is 15.8. The number of rotatable bonds is 2. The monoisotopic (exact) mass is 345 g/mol. The van der Waals surface area contributed by atoms with E-state index >= 15 is 0 Å². The lowest BCUT2D eigenvalue weighted by atomic mass is 10.00. The minimum atomic E-state index is 0.111. The van der Waals surface area contributed by atoms with E-state index in [2.05, 4.69) is 16.3 Å². The Morgan fingerprint density at radius 3 is 2.87 bits per heavy atom. The van der Waals surface area contributed by atoms with Gasteiger partial charge in [-0.1, -0.05) is 47.5 Å². The van der Waals surface area contributed by atoms with Crippen LogP contribution < -0.4 is 4.74 Å². The quantitative estimate of drug-likeness (QED) is 0.680. The van der Waals surface area contributed by atoms with Gasteiger partial charge in [-0.05, 0) is 18.2 Å². The van der Waals surface area contributed by atoms with E-state index in [-0.39, 0.29) is 6.04 Å². The van der Waals surface area contributed by atoms with E-state index in [4.69, 9.17) is 27.9 Å². The summed E-state index contributed by atoms with van der Waals surface area (Å²) in [4.78, 5) is 0. The molecule has 116 valence electrons. The number of nitrogens with zero attached hydrogens (tertiary/aromatic N) is 3. The Balaban J connectivity index is 1.84. The third kappa shape index (κ3) is 2.48. The van der Waals surface area contributed by atoms with Crippen LogP contribution >= 0.6 is 23.2 Å². The van der Waals surface area contributed by atoms with Gasteiger partial charge < -0.3 is 9.30 Å². The lowest BCUT2D eigenvalue weighted by Crippen LogP contribution is -2.20. The van der Waals surface area contributed by atoms with Gasteiger partial charge in [0.1, 0.15) is 12.1 Å². The molecule has 2 aromatic carbocycles. The first-order valence-electron chi connectivity index (χ1n) is 7.31.